The molecule has 2 rings (SSSR count). The lowest BCUT2D eigenvalue weighted by Crippen LogP contribution is -2.12. The van der Waals surface area contributed by atoms with Crippen LogP contribution in [0.25, 0.3) is 0 Å². The zero-order chi connectivity index (χ0) is 19.1. The van der Waals surface area contributed by atoms with Crippen molar-refractivity contribution in [2.45, 2.75) is 31.7 Å². The topological polar surface area (TPSA) is 65.8 Å². The molecule has 0 saturated carbocycles. The lowest BCUT2D eigenvalue weighted by atomic mass is 10.1. The van der Waals surface area contributed by atoms with E-state index in [1.165, 1.54) is 11.8 Å². The third-order valence-corrected chi connectivity index (χ3v) is 4.80. The Kier molecular flexibility index (Phi) is 7.77. The number of nitriles is 1. The SMILES string of the molecule is CC(C)Cc1ccc(C#N)c(SCCC(=O)Nc2cc(Cl)cc(Cl)c2)n1. The van der Waals surface area contributed by atoms with E-state index in [1.807, 2.05) is 6.07 Å². The van der Waals surface area contributed by atoms with Crippen LogP contribution in [-0.2, 0) is 11.2 Å². The van der Waals surface area contributed by atoms with E-state index in [4.69, 9.17) is 23.2 Å². The fourth-order valence-corrected chi connectivity index (χ4v) is 3.75. The van der Waals surface area contributed by atoms with Gasteiger partial charge < -0.3 is 5.32 Å². The normalized spacial score (nSPS) is 10.6. The van der Waals surface area contributed by atoms with E-state index < -0.39 is 0 Å². The summed E-state index contributed by atoms with van der Waals surface area (Å²) in [5.74, 6) is 0.865. The Labute approximate surface area is 167 Å². The fraction of sp³-hybridized carbons (Fsp3) is 0.316. The molecule has 7 heteroatoms. The Balaban J connectivity index is 1.94. The van der Waals surface area contributed by atoms with Gasteiger partial charge >= 0.3 is 0 Å². The molecule has 1 aromatic carbocycles. The van der Waals surface area contributed by atoms with E-state index in [9.17, 15) is 10.1 Å². The highest BCUT2D eigenvalue weighted by atomic mass is 35.5. The quantitative estimate of drug-likeness (QED) is 0.608. The molecule has 1 amide bonds. The number of carbonyl (C=O) groups is 1. The van der Waals surface area contributed by atoms with Crippen molar-refractivity contribution in [1.29, 1.82) is 5.26 Å². The predicted octanol–water partition coefficient (Wildman–Crippen LogP) is 5.58. The molecule has 1 aromatic heterocycles. The number of nitrogens with one attached hydrogen (secondary N) is 1. The highest BCUT2D eigenvalue weighted by Gasteiger charge is 2.10. The van der Waals surface area contributed by atoms with E-state index in [1.54, 1.807) is 24.3 Å². The van der Waals surface area contributed by atoms with Crippen LogP contribution in [0.2, 0.25) is 10.0 Å². The molecule has 0 saturated heterocycles. The molecule has 0 bridgehead atoms. The maximum atomic E-state index is 12.1. The Hall–Kier alpha value is -1.74. The van der Waals surface area contributed by atoms with Crippen LogP contribution in [0.3, 0.4) is 0 Å². The van der Waals surface area contributed by atoms with Crippen molar-refractivity contribution in [1.82, 2.24) is 4.98 Å². The summed E-state index contributed by atoms with van der Waals surface area (Å²) in [6.07, 6.45) is 1.14. The van der Waals surface area contributed by atoms with Crippen LogP contribution in [0.4, 0.5) is 5.69 Å². The minimum Gasteiger partial charge on any atom is -0.326 e. The summed E-state index contributed by atoms with van der Waals surface area (Å²) < 4.78 is 0. The zero-order valence-electron chi connectivity index (χ0n) is 14.6. The van der Waals surface area contributed by atoms with Crippen LogP contribution in [0, 0.1) is 17.2 Å². The van der Waals surface area contributed by atoms with Crippen LogP contribution in [0.5, 0.6) is 0 Å². The molecule has 2 aromatic rings. The van der Waals surface area contributed by atoms with Crippen molar-refractivity contribution in [3.63, 3.8) is 0 Å². The van der Waals surface area contributed by atoms with Crippen molar-refractivity contribution < 1.29 is 4.79 Å². The molecular formula is C19H19Cl2N3OS. The highest BCUT2D eigenvalue weighted by Crippen LogP contribution is 2.24. The fourth-order valence-electron chi connectivity index (χ4n) is 2.30. The van der Waals surface area contributed by atoms with Gasteiger partial charge in [-0.1, -0.05) is 37.0 Å². The molecule has 1 heterocycles. The number of aromatic nitrogens is 1. The molecule has 0 aliphatic carbocycles. The molecule has 0 atom stereocenters. The molecule has 0 radical (unpaired) electrons. The second-order valence-corrected chi connectivity index (χ2v) is 8.13. The number of halogens is 2. The van der Waals surface area contributed by atoms with Crippen molar-refractivity contribution >= 4 is 46.6 Å². The average Bonchev–Trinajstić information content (AvgIpc) is 2.53. The van der Waals surface area contributed by atoms with Gasteiger partial charge in [-0.05, 0) is 42.7 Å². The number of hydrogen-bond donors (Lipinski definition) is 1. The van der Waals surface area contributed by atoms with Crippen LogP contribution in [0.15, 0.2) is 35.4 Å². The Morgan fingerprint density at radius 1 is 1.27 bits per heavy atom. The first kappa shape index (κ1) is 20.6. The number of carbonyl (C=O) groups excluding carboxylic acids is 1. The van der Waals surface area contributed by atoms with Crippen LogP contribution < -0.4 is 5.32 Å². The smallest absolute Gasteiger partial charge is 0.225 e. The van der Waals surface area contributed by atoms with Gasteiger partial charge in [0.25, 0.3) is 0 Å². The average molecular weight is 408 g/mol. The third-order valence-electron chi connectivity index (χ3n) is 3.37. The molecule has 0 aliphatic rings. The largest absolute Gasteiger partial charge is 0.326 e. The van der Waals surface area contributed by atoms with E-state index in [0.717, 1.165) is 12.1 Å². The van der Waals surface area contributed by atoms with Gasteiger partial charge in [0.2, 0.25) is 5.91 Å². The zero-order valence-corrected chi connectivity index (χ0v) is 16.9. The number of nitrogens with zero attached hydrogens (tertiary/aromatic N) is 2. The first-order valence-electron chi connectivity index (χ1n) is 8.16. The number of pyridine rings is 1. The lowest BCUT2D eigenvalue weighted by Gasteiger charge is -2.09. The minimum atomic E-state index is -0.146. The van der Waals surface area contributed by atoms with Crippen molar-refractivity contribution in [2.75, 3.05) is 11.1 Å². The van der Waals surface area contributed by atoms with Crippen LogP contribution in [0.1, 0.15) is 31.5 Å². The van der Waals surface area contributed by atoms with Gasteiger partial charge in [0.05, 0.1) is 5.56 Å². The number of anilines is 1. The minimum absolute atomic E-state index is 0.146. The second kappa shape index (κ2) is 9.82. The summed E-state index contributed by atoms with van der Waals surface area (Å²) in [6, 6.07) is 10.7. The number of amides is 1. The summed E-state index contributed by atoms with van der Waals surface area (Å²) in [4.78, 5) is 16.7. The number of thioether (sulfide) groups is 1. The number of rotatable bonds is 7. The Morgan fingerprint density at radius 2 is 1.96 bits per heavy atom. The molecule has 4 nitrogen and oxygen atoms in total. The van der Waals surface area contributed by atoms with Gasteiger partial charge in [-0.15, -0.1) is 11.8 Å². The van der Waals surface area contributed by atoms with Gasteiger partial charge in [0, 0.05) is 33.6 Å². The standard InChI is InChI=1S/C19H19Cl2N3OS/c1-12(2)7-16-4-3-13(11-22)19(24-16)26-6-5-18(25)23-17-9-14(20)8-15(21)10-17/h3-4,8-10,12H,5-7H2,1-2H3,(H,23,25). The number of hydrogen-bond acceptors (Lipinski definition) is 4. The van der Waals surface area contributed by atoms with Gasteiger partial charge in [-0.25, -0.2) is 4.98 Å². The van der Waals surface area contributed by atoms with Crippen molar-refractivity contribution in [2.24, 2.45) is 5.92 Å². The highest BCUT2D eigenvalue weighted by molar-refractivity contribution is 7.99. The number of benzene rings is 1. The lowest BCUT2D eigenvalue weighted by molar-refractivity contribution is -0.115. The van der Waals surface area contributed by atoms with E-state index >= 15 is 0 Å². The summed E-state index contributed by atoms with van der Waals surface area (Å²) in [5, 5.41) is 13.6. The van der Waals surface area contributed by atoms with E-state index in [-0.39, 0.29) is 12.3 Å². The van der Waals surface area contributed by atoms with E-state index in [2.05, 4.69) is 30.2 Å². The van der Waals surface area contributed by atoms with Crippen LogP contribution >= 0.6 is 35.0 Å². The monoisotopic (exact) mass is 407 g/mol. The predicted molar refractivity (Wildman–Crippen MR) is 108 cm³/mol. The third kappa shape index (κ3) is 6.53. The summed E-state index contributed by atoms with van der Waals surface area (Å²) in [5.41, 5.74) is 2.05. The summed E-state index contributed by atoms with van der Waals surface area (Å²) in [6.45, 7) is 4.25. The molecule has 0 spiro atoms. The summed E-state index contributed by atoms with van der Waals surface area (Å²) >= 11 is 13.3. The van der Waals surface area contributed by atoms with Gasteiger partial charge in [-0.3, -0.25) is 4.79 Å². The first-order valence-corrected chi connectivity index (χ1v) is 9.90. The van der Waals surface area contributed by atoms with E-state index in [0.29, 0.717) is 38.0 Å². The van der Waals surface area contributed by atoms with Crippen molar-refractivity contribution in [3.05, 3.63) is 51.6 Å². The van der Waals surface area contributed by atoms with Crippen molar-refractivity contribution in [3.8, 4) is 6.07 Å². The van der Waals surface area contributed by atoms with Crippen LogP contribution in [-0.4, -0.2) is 16.6 Å². The Morgan fingerprint density at radius 3 is 2.58 bits per heavy atom. The van der Waals surface area contributed by atoms with Gasteiger partial charge in [0.1, 0.15) is 11.1 Å². The van der Waals surface area contributed by atoms with Gasteiger partial charge in [0.15, 0.2) is 0 Å². The molecule has 0 unspecified atom stereocenters. The molecule has 0 aliphatic heterocycles. The maximum Gasteiger partial charge on any atom is 0.225 e. The second-order valence-electron chi connectivity index (χ2n) is 6.17. The molecule has 136 valence electrons. The maximum absolute atomic E-state index is 12.1. The molecule has 1 N–H and O–H groups in total. The first-order chi connectivity index (χ1) is 12.4. The Bertz CT molecular complexity index is 814. The molecule has 0 fully saturated rings. The van der Waals surface area contributed by atoms with Gasteiger partial charge in [-0.2, -0.15) is 5.26 Å². The molecular weight excluding hydrogens is 389 g/mol. The molecule has 26 heavy (non-hydrogen) atoms. The summed E-state index contributed by atoms with van der Waals surface area (Å²) in [7, 11) is 0.